The normalized spacial score (nSPS) is 11.1. The summed E-state index contributed by atoms with van der Waals surface area (Å²) in [6.07, 6.45) is 1.12. The SMILES string of the molecule is COc1ccc(-c2noc(CN(C)C(=O)COc3ccc(N(C)S(C)(=O)=O)cc3)n2)cc1. The predicted octanol–water partition coefficient (Wildman–Crippen LogP) is 2.18. The first-order valence-electron chi connectivity index (χ1n) is 9.55. The van der Waals surface area contributed by atoms with Gasteiger partial charge in [-0.3, -0.25) is 9.10 Å². The maximum absolute atomic E-state index is 12.4. The molecule has 0 radical (unpaired) electrons. The lowest BCUT2D eigenvalue weighted by Crippen LogP contribution is -2.31. The molecule has 2 aromatic carbocycles. The van der Waals surface area contributed by atoms with Crippen molar-refractivity contribution in [2.24, 2.45) is 0 Å². The zero-order valence-corrected chi connectivity index (χ0v) is 19.0. The third-order valence-corrected chi connectivity index (χ3v) is 5.88. The highest BCUT2D eigenvalue weighted by molar-refractivity contribution is 7.92. The van der Waals surface area contributed by atoms with Crippen LogP contribution in [-0.4, -0.2) is 63.4 Å². The first kappa shape index (κ1) is 23.1. The van der Waals surface area contributed by atoms with Gasteiger partial charge in [0.05, 0.1) is 25.6 Å². The second-order valence-electron chi connectivity index (χ2n) is 7.00. The van der Waals surface area contributed by atoms with Crippen molar-refractivity contribution in [3.05, 3.63) is 54.4 Å². The topological polar surface area (TPSA) is 115 Å². The van der Waals surface area contributed by atoms with Crippen LogP contribution in [0.3, 0.4) is 0 Å². The number of ether oxygens (including phenoxy) is 2. The number of sulfonamides is 1. The number of carbonyl (C=O) groups excluding carboxylic acids is 1. The lowest BCUT2D eigenvalue weighted by molar-refractivity contribution is -0.132. The van der Waals surface area contributed by atoms with Crippen molar-refractivity contribution in [1.29, 1.82) is 0 Å². The van der Waals surface area contributed by atoms with E-state index in [0.717, 1.165) is 21.9 Å². The Morgan fingerprint density at radius 1 is 1.03 bits per heavy atom. The van der Waals surface area contributed by atoms with Crippen LogP contribution in [0.25, 0.3) is 11.4 Å². The fourth-order valence-corrected chi connectivity index (χ4v) is 3.17. The molecule has 0 aliphatic carbocycles. The summed E-state index contributed by atoms with van der Waals surface area (Å²) >= 11 is 0. The highest BCUT2D eigenvalue weighted by atomic mass is 32.2. The van der Waals surface area contributed by atoms with Gasteiger partial charge in [0.2, 0.25) is 21.7 Å². The van der Waals surface area contributed by atoms with Gasteiger partial charge in [0.1, 0.15) is 11.5 Å². The van der Waals surface area contributed by atoms with E-state index in [4.69, 9.17) is 14.0 Å². The zero-order chi connectivity index (χ0) is 23.3. The number of likely N-dealkylation sites (N-methyl/N-ethyl adjacent to an activating group) is 1. The Hall–Kier alpha value is -3.60. The molecule has 170 valence electrons. The lowest BCUT2D eigenvalue weighted by Gasteiger charge is -2.17. The number of methoxy groups -OCH3 is 1. The molecule has 0 bridgehead atoms. The first-order valence-corrected chi connectivity index (χ1v) is 11.4. The number of aromatic nitrogens is 2. The van der Waals surface area contributed by atoms with Gasteiger partial charge in [-0.1, -0.05) is 5.16 Å². The molecule has 3 rings (SSSR count). The van der Waals surface area contributed by atoms with Crippen LogP contribution in [0.15, 0.2) is 53.1 Å². The van der Waals surface area contributed by atoms with Crippen LogP contribution in [-0.2, 0) is 21.4 Å². The molecule has 32 heavy (non-hydrogen) atoms. The molecule has 0 N–H and O–H groups in total. The van der Waals surface area contributed by atoms with E-state index in [9.17, 15) is 13.2 Å². The van der Waals surface area contributed by atoms with Gasteiger partial charge in [-0.2, -0.15) is 4.98 Å². The number of hydrogen-bond acceptors (Lipinski definition) is 8. The van der Waals surface area contributed by atoms with Gasteiger partial charge in [0.15, 0.2) is 6.61 Å². The van der Waals surface area contributed by atoms with Crippen LogP contribution in [0, 0.1) is 0 Å². The van der Waals surface area contributed by atoms with E-state index in [1.807, 2.05) is 12.1 Å². The molecule has 10 nitrogen and oxygen atoms in total. The van der Waals surface area contributed by atoms with E-state index >= 15 is 0 Å². The molecular weight excluding hydrogens is 436 g/mol. The Kier molecular flexibility index (Phi) is 6.98. The quantitative estimate of drug-likeness (QED) is 0.477. The molecule has 0 spiro atoms. The second-order valence-corrected chi connectivity index (χ2v) is 9.02. The Bertz CT molecular complexity index is 1160. The minimum atomic E-state index is -3.35. The van der Waals surface area contributed by atoms with Gasteiger partial charge < -0.3 is 18.9 Å². The Morgan fingerprint density at radius 3 is 2.25 bits per heavy atom. The number of nitrogens with zero attached hydrogens (tertiary/aromatic N) is 4. The van der Waals surface area contributed by atoms with Crippen LogP contribution in [0.5, 0.6) is 11.5 Å². The first-order chi connectivity index (χ1) is 15.2. The third-order valence-electron chi connectivity index (χ3n) is 4.67. The predicted molar refractivity (Wildman–Crippen MR) is 118 cm³/mol. The molecule has 11 heteroatoms. The van der Waals surface area contributed by atoms with Gasteiger partial charge in [-0.15, -0.1) is 0 Å². The molecule has 1 heterocycles. The molecule has 1 aromatic heterocycles. The molecule has 1 amide bonds. The summed E-state index contributed by atoms with van der Waals surface area (Å²) < 4.78 is 40.2. The average Bonchev–Trinajstić information content (AvgIpc) is 3.25. The van der Waals surface area contributed by atoms with Crippen molar-refractivity contribution in [2.75, 3.05) is 38.4 Å². The maximum atomic E-state index is 12.4. The molecule has 0 unspecified atom stereocenters. The molecule has 0 saturated heterocycles. The summed E-state index contributed by atoms with van der Waals surface area (Å²) in [5.41, 5.74) is 1.26. The number of anilines is 1. The summed E-state index contributed by atoms with van der Waals surface area (Å²) in [6.45, 7) is -0.0688. The third kappa shape index (κ3) is 5.76. The average molecular weight is 461 g/mol. The molecule has 0 saturated carbocycles. The largest absolute Gasteiger partial charge is 0.497 e. The Morgan fingerprint density at radius 2 is 1.66 bits per heavy atom. The van der Waals surface area contributed by atoms with Crippen LogP contribution in [0.2, 0.25) is 0 Å². The highest BCUT2D eigenvalue weighted by Gasteiger charge is 2.16. The van der Waals surface area contributed by atoms with E-state index in [2.05, 4.69) is 10.1 Å². The van der Waals surface area contributed by atoms with Crippen LogP contribution in [0.4, 0.5) is 5.69 Å². The molecular formula is C21H24N4O6S. The highest BCUT2D eigenvalue weighted by Crippen LogP contribution is 2.21. The van der Waals surface area contributed by atoms with Gasteiger partial charge in [0, 0.05) is 19.7 Å². The molecule has 0 fully saturated rings. The fraction of sp³-hybridized carbons (Fsp3) is 0.286. The van der Waals surface area contributed by atoms with Crippen molar-refractivity contribution in [3.63, 3.8) is 0 Å². The number of rotatable bonds is 9. The van der Waals surface area contributed by atoms with E-state index in [1.165, 1.54) is 11.9 Å². The monoisotopic (exact) mass is 460 g/mol. The smallest absolute Gasteiger partial charge is 0.260 e. The minimum Gasteiger partial charge on any atom is -0.497 e. The number of amides is 1. The molecule has 0 aliphatic rings. The van der Waals surface area contributed by atoms with Crippen molar-refractivity contribution in [1.82, 2.24) is 15.0 Å². The van der Waals surface area contributed by atoms with Crippen LogP contribution < -0.4 is 13.8 Å². The summed E-state index contributed by atoms with van der Waals surface area (Å²) in [5, 5.41) is 3.94. The summed E-state index contributed by atoms with van der Waals surface area (Å²) in [4.78, 5) is 18.1. The maximum Gasteiger partial charge on any atom is 0.260 e. The van der Waals surface area contributed by atoms with E-state index in [0.29, 0.717) is 23.2 Å². The van der Waals surface area contributed by atoms with Crippen LogP contribution >= 0.6 is 0 Å². The lowest BCUT2D eigenvalue weighted by atomic mass is 10.2. The van der Waals surface area contributed by atoms with Crippen molar-refractivity contribution in [2.45, 2.75) is 6.54 Å². The minimum absolute atomic E-state index is 0.128. The zero-order valence-electron chi connectivity index (χ0n) is 18.2. The Balaban J connectivity index is 1.53. The van der Waals surface area contributed by atoms with Crippen molar-refractivity contribution >= 4 is 21.6 Å². The number of carbonyl (C=O) groups is 1. The standard InChI is InChI=1S/C21H24N4O6S/c1-24(13-19-22-21(23-31-19)15-5-9-17(29-3)10-6-15)20(26)14-30-18-11-7-16(8-12-18)25(2)32(4,27)28/h5-12H,13-14H2,1-4H3. The molecule has 3 aromatic rings. The van der Waals surface area contributed by atoms with Crippen molar-refractivity contribution < 1.29 is 27.2 Å². The summed E-state index contributed by atoms with van der Waals surface area (Å²) in [5.74, 6) is 1.59. The van der Waals surface area contributed by atoms with Crippen molar-refractivity contribution in [3.8, 4) is 22.9 Å². The second kappa shape index (κ2) is 9.69. The van der Waals surface area contributed by atoms with Gasteiger partial charge in [-0.25, -0.2) is 8.42 Å². The summed E-state index contributed by atoms with van der Waals surface area (Å²) in [6, 6.07) is 13.6. The molecule has 0 atom stereocenters. The van der Waals surface area contributed by atoms with Crippen LogP contribution in [0.1, 0.15) is 5.89 Å². The van der Waals surface area contributed by atoms with Gasteiger partial charge >= 0.3 is 0 Å². The van der Waals surface area contributed by atoms with E-state index in [-0.39, 0.29) is 19.1 Å². The fourth-order valence-electron chi connectivity index (χ4n) is 2.67. The Labute approximate surface area is 186 Å². The number of hydrogen-bond donors (Lipinski definition) is 0. The van der Waals surface area contributed by atoms with Gasteiger partial charge in [0.25, 0.3) is 5.91 Å². The van der Waals surface area contributed by atoms with E-state index in [1.54, 1.807) is 50.6 Å². The number of benzene rings is 2. The van der Waals surface area contributed by atoms with E-state index < -0.39 is 10.0 Å². The molecule has 0 aliphatic heterocycles. The van der Waals surface area contributed by atoms with Gasteiger partial charge in [-0.05, 0) is 48.5 Å². The summed E-state index contributed by atoms with van der Waals surface area (Å²) in [7, 11) is 1.30.